The fourth-order valence-electron chi connectivity index (χ4n) is 5.83. The van der Waals surface area contributed by atoms with Crippen LogP contribution in [0, 0.1) is 13.8 Å². The summed E-state index contributed by atoms with van der Waals surface area (Å²) in [5.74, 6) is 0.131. The van der Waals surface area contributed by atoms with Crippen molar-refractivity contribution in [1.82, 2.24) is 15.1 Å². The molecule has 1 aromatic heterocycles. The van der Waals surface area contributed by atoms with Crippen LogP contribution in [0.3, 0.4) is 0 Å². The maximum Gasteiger partial charge on any atom is 0.277 e. The minimum atomic E-state index is -1.10. The van der Waals surface area contributed by atoms with Gasteiger partial charge in [-0.05, 0) is 74.4 Å². The predicted octanol–water partition coefficient (Wildman–Crippen LogP) is 6.16. The van der Waals surface area contributed by atoms with E-state index in [1.54, 1.807) is 9.58 Å². The molecule has 1 aliphatic carbocycles. The van der Waals surface area contributed by atoms with E-state index in [1.165, 1.54) is 12.0 Å². The van der Waals surface area contributed by atoms with E-state index in [0.29, 0.717) is 18.2 Å². The van der Waals surface area contributed by atoms with E-state index in [4.69, 9.17) is 5.10 Å². The molecule has 0 unspecified atom stereocenters. The number of nitrogens with zero attached hydrogens (tertiary/aromatic N) is 3. The summed E-state index contributed by atoms with van der Waals surface area (Å²) in [6.45, 7) is 10.6. The summed E-state index contributed by atoms with van der Waals surface area (Å²) in [5.41, 5.74) is 5.24. The third-order valence-electron chi connectivity index (χ3n) is 7.92. The third-order valence-corrected chi connectivity index (χ3v) is 7.92. The largest absolute Gasteiger partial charge is 0.351 e. The van der Waals surface area contributed by atoms with Gasteiger partial charge in [0.05, 0.1) is 12.2 Å². The first kappa shape index (κ1) is 25.2. The Morgan fingerprint density at radius 3 is 2.27 bits per heavy atom. The van der Waals surface area contributed by atoms with Gasteiger partial charge in [0.2, 0.25) is 5.91 Å². The van der Waals surface area contributed by atoms with Crippen LogP contribution in [0.2, 0.25) is 0 Å². The second-order valence-corrected chi connectivity index (χ2v) is 11.4. The summed E-state index contributed by atoms with van der Waals surface area (Å²) in [5, 5.41) is 8.11. The Hall–Kier alpha value is -3.41. The SMILES string of the molecule is Cc1cc(C)cc(N2C(=O)c3cc(-c4ccc(C(C)C)cc4)nn3C[C@@]2(C)C(=O)NC2CCCCC2)c1. The molecule has 0 spiro atoms. The summed E-state index contributed by atoms with van der Waals surface area (Å²) < 4.78 is 1.73. The van der Waals surface area contributed by atoms with Gasteiger partial charge < -0.3 is 5.32 Å². The van der Waals surface area contributed by atoms with E-state index >= 15 is 0 Å². The van der Waals surface area contributed by atoms with Crippen molar-refractivity contribution in [2.75, 3.05) is 4.90 Å². The van der Waals surface area contributed by atoms with Gasteiger partial charge in [0.25, 0.3) is 5.91 Å². The minimum absolute atomic E-state index is 0.115. The Kier molecular flexibility index (Phi) is 6.69. The summed E-state index contributed by atoms with van der Waals surface area (Å²) in [7, 11) is 0. The fourth-order valence-corrected chi connectivity index (χ4v) is 5.83. The molecule has 6 nitrogen and oxygen atoms in total. The Morgan fingerprint density at radius 1 is 1.00 bits per heavy atom. The molecule has 1 atom stereocenters. The molecule has 2 heterocycles. The van der Waals surface area contributed by atoms with E-state index < -0.39 is 5.54 Å². The third kappa shape index (κ3) is 4.81. The number of hydrogen-bond donors (Lipinski definition) is 1. The lowest BCUT2D eigenvalue weighted by atomic mass is 9.90. The van der Waals surface area contributed by atoms with Gasteiger partial charge >= 0.3 is 0 Å². The highest BCUT2D eigenvalue weighted by molar-refractivity contribution is 6.12. The molecule has 1 fully saturated rings. The normalized spacial score (nSPS) is 20.3. The van der Waals surface area contributed by atoms with E-state index in [2.05, 4.69) is 49.5 Å². The quantitative estimate of drug-likeness (QED) is 0.458. The Bertz CT molecular complexity index is 1300. The summed E-state index contributed by atoms with van der Waals surface area (Å²) in [6, 6.07) is 16.4. The summed E-state index contributed by atoms with van der Waals surface area (Å²) in [6.07, 6.45) is 5.45. The van der Waals surface area contributed by atoms with E-state index in [9.17, 15) is 9.59 Å². The number of aryl methyl sites for hydroxylation is 2. The summed E-state index contributed by atoms with van der Waals surface area (Å²) >= 11 is 0. The average molecular weight is 499 g/mol. The molecule has 3 aromatic rings. The molecule has 6 heteroatoms. The van der Waals surface area contributed by atoms with Gasteiger partial charge in [-0.1, -0.05) is 63.4 Å². The molecule has 194 valence electrons. The van der Waals surface area contributed by atoms with Gasteiger partial charge in [0.1, 0.15) is 11.2 Å². The lowest BCUT2D eigenvalue weighted by Crippen LogP contribution is -2.65. The molecule has 0 radical (unpaired) electrons. The van der Waals surface area contributed by atoms with Gasteiger partial charge in [0, 0.05) is 17.3 Å². The first-order valence-corrected chi connectivity index (χ1v) is 13.6. The van der Waals surface area contributed by atoms with Crippen LogP contribution >= 0.6 is 0 Å². The number of aromatic nitrogens is 2. The first-order valence-electron chi connectivity index (χ1n) is 13.6. The van der Waals surface area contributed by atoms with Crippen molar-refractivity contribution in [2.24, 2.45) is 0 Å². The van der Waals surface area contributed by atoms with Crippen LogP contribution in [-0.4, -0.2) is 33.2 Å². The number of carbonyl (C=O) groups is 2. The fraction of sp³-hybridized carbons (Fsp3) is 0.452. The molecule has 37 heavy (non-hydrogen) atoms. The summed E-state index contributed by atoms with van der Waals surface area (Å²) in [4.78, 5) is 29.8. The molecule has 2 amide bonds. The molecule has 1 N–H and O–H groups in total. The number of carbonyl (C=O) groups excluding carboxylic acids is 2. The first-order chi connectivity index (χ1) is 17.7. The molecular weight excluding hydrogens is 460 g/mol. The molecule has 0 bridgehead atoms. The second kappa shape index (κ2) is 9.81. The highest BCUT2D eigenvalue weighted by Crippen LogP contribution is 2.35. The monoisotopic (exact) mass is 498 g/mol. The van der Waals surface area contributed by atoms with Gasteiger partial charge in [-0.25, -0.2) is 0 Å². The smallest absolute Gasteiger partial charge is 0.277 e. The van der Waals surface area contributed by atoms with Crippen molar-refractivity contribution in [1.29, 1.82) is 0 Å². The Labute approximate surface area is 220 Å². The van der Waals surface area contributed by atoms with E-state index in [-0.39, 0.29) is 17.9 Å². The maximum absolute atomic E-state index is 14.1. The Balaban J connectivity index is 1.56. The minimum Gasteiger partial charge on any atom is -0.351 e. The second-order valence-electron chi connectivity index (χ2n) is 11.4. The molecular formula is C31H38N4O2. The van der Waals surface area contributed by atoms with Crippen LogP contribution < -0.4 is 10.2 Å². The van der Waals surface area contributed by atoms with Crippen molar-refractivity contribution in [3.8, 4) is 11.3 Å². The lowest BCUT2D eigenvalue weighted by Gasteiger charge is -2.44. The lowest BCUT2D eigenvalue weighted by molar-refractivity contribution is -0.127. The van der Waals surface area contributed by atoms with Crippen LogP contribution in [0.5, 0.6) is 0 Å². The number of fused-ring (bicyclic) bond motifs is 1. The molecule has 0 saturated heterocycles. The standard InChI is InChI=1S/C31H38N4O2/c1-20(2)23-11-13-24(14-12-23)27-18-28-29(36)35(26-16-21(3)15-22(4)17-26)31(5,19-34(28)33-27)30(37)32-25-9-7-6-8-10-25/h11-18,20,25H,6-10,19H2,1-5H3,(H,32,37)/t31-/m0/s1. The van der Waals surface area contributed by atoms with Gasteiger partial charge in [-0.15, -0.1) is 0 Å². The average Bonchev–Trinajstić information content (AvgIpc) is 3.28. The zero-order valence-corrected chi connectivity index (χ0v) is 22.7. The number of anilines is 1. The van der Waals surface area contributed by atoms with Crippen LogP contribution in [-0.2, 0) is 11.3 Å². The Morgan fingerprint density at radius 2 is 1.65 bits per heavy atom. The van der Waals surface area contributed by atoms with Crippen molar-refractivity contribution in [3.63, 3.8) is 0 Å². The number of amides is 2. The number of rotatable bonds is 5. The van der Waals surface area contributed by atoms with Crippen LogP contribution in [0.15, 0.2) is 48.5 Å². The highest BCUT2D eigenvalue weighted by atomic mass is 16.2. The highest BCUT2D eigenvalue weighted by Gasteiger charge is 2.49. The molecule has 1 saturated carbocycles. The van der Waals surface area contributed by atoms with Crippen molar-refractivity contribution in [3.05, 3.63) is 70.9 Å². The van der Waals surface area contributed by atoms with E-state index in [1.807, 2.05) is 39.0 Å². The topological polar surface area (TPSA) is 67.2 Å². The van der Waals surface area contributed by atoms with Gasteiger partial charge in [0.15, 0.2) is 0 Å². The van der Waals surface area contributed by atoms with Crippen LogP contribution in [0.1, 0.15) is 86.0 Å². The zero-order valence-electron chi connectivity index (χ0n) is 22.7. The molecule has 2 aromatic carbocycles. The van der Waals surface area contributed by atoms with Gasteiger partial charge in [-0.3, -0.25) is 19.2 Å². The van der Waals surface area contributed by atoms with Gasteiger partial charge in [-0.2, -0.15) is 5.10 Å². The van der Waals surface area contributed by atoms with Crippen LogP contribution in [0.25, 0.3) is 11.3 Å². The van der Waals surface area contributed by atoms with E-state index in [0.717, 1.165) is 53.8 Å². The number of nitrogens with one attached hydrogen (secondary N) is 1. The van der Waals surface area contributed by atoms with Crippen molar-refractivity contribution < 1.29 is 9.59 Å². The molecule has 5 rings (SSSR count). The van der Waals surface area contributed by atoms with Crippen LogP contribution in [0.4, 0.5) is 5.69 Å². The number of hydrogen-bond acceptors (Lipinski definition) is 3. The number of benzene rings is 2. The maximum atomic E-state index is 14.1. The molecule has 2 aliphatic rings. The predicted molar refractivity (Wildman–Crippen MR) is 148 cm³/mol. The zero-order chi connectivity index (χ0) is 26.3. The molecule has 1 aliphatic heterocycles. The van der Waals surface area contributed by atoms with Crippen molar-refractivity contribution >= 4 is 17.5 Å². The van der Waals surface area contributed by atoms with Crippen molar-refractivity contribution in [2.45, 2.75) is 90.8 Å².